The third kappa shape index (κ3) is 21.7. The van der Waals surface area contributed by atoms with Gasteiger partial charge in [-0.05, 0) is 319 Å². The van der Waals surface area contributed by atoms with Crippen molar-refractivity contribution in [1.82, 2.24) is 93.5 Å². The number of likely N-dealkylation sites (N-methyl/N-ethyl adjacent to an activating group) is 1. The quantitative estimate of drug-likeness (QED) is 0.0476. The van der Waals surface area contributed by atoms with E-state index < -0.39 is 0 Å². The minimum absolute atomic E-state index is 0.173. The minimum atomic E-state index is 0.173. The average molecular weight is 1950 g/mol. The Labute approximate surface area is 846 Å². The van der Waals surface area contributed by atoms with Crippen LogP contribution in [0.15, 0.2) is 146 Å². The van der Waals surface area contributed by atoms with Gasteiger partial charge in [0.15, 0.2) is 29.1 Å². The molecule has 31 nitrogen and oxygen atoms in total. The van der Waals surface area contributed by atoms with Gasteiger partial charge in [0, 0.05) is 224 Å². The van der Waals surface area contributed by atoms with Crippen molar-refractivity contribution in [2.45, 2.75) is 184 Å². The number of hydrogen-bond acceptors (Lipinski definition) is 25. The molecule has 4 aliphatic rings. The normalized spacial score (nSPS) is 15.0. The number of likely N-dealkylation sites (tertiary alicyclic amines) is 1. The molecule has 4 saturated heterocycles. The highest BCUT2D eigenvalue weighted by molar-refractivity contribution is 6.03. The number of carbonyl (C=O) groups excluding carboxylic acids is 1. The Morgan fingerprint density at radius 1 is 0.333 bits per heavy atom. The first-order valence-electron chi connectivity index (χ1n) is 50.9. The second-order valence-electron chi connectivity index (χ2n) is 37.7. The van der Waals surface area contributed by atoms with Gasteiger partial charge in [-0.2, -0.15) is 25.5 Å². The van der Waals surface area contributed by atoms with Crippen LogP contribution < -0.4 is 49.0 Å². The summed E-state index contributed by atoms with van der Waals surface area (Å²) in [6.07, 6.45) is 5.70. The predicted octanol–water partition coefficient (Wildman–Crippen LogP) is 19.9. The molecule has 0 aliphatic carbocycles. The molecule has 0 bridgehead atoms. The molecule has 15 heterocycles. The standard InChI is InChI=1S/C23H31N5O.C23H25N5O.C23H30N4O2.C22H27N5O2.C22H29N5O/c1-5-29-20-10-8-19(9-11-20)28-17(3)21-16(2)25-26-23(22(21)18(28)4)24-12-15-27-13-6-7-14-27;1-5-29-20-11-9-19(10-12-20)28-16(3)21-15(2)26-27-23(22(21)17(28)4)25-14-18-8-6-7-13-24-18;1-7-28-20-10-8-19(9-11-20)27-17(5)21-16(4)24-25-23(22(21)18(27)6)26-12-14(2)29-15(3)13-26;1-5-29-19-8-6-18(7-9-19)27-16(3)20-15(2)23-24-22(21(20)17(27)4)26-12-10-25(14-28)11-13-26;1-6-28-19-9-7-18(8-10-19)27-16(3)20-15(2)23-24-22(21(20)17(27)4)26-13-11-25(5)12-14-26/h8-11H,5-7,12-15H2,1-4H3,(H,24,26);6-13H,5,14H2,1-4H3,(H,25,27);8-11,14-15H,7,12-13H2,1-6H3;6-9,14H,5,10-13H2,1-4H3;7-10H,6,11-14H2,1-5H3/t;;14-,15+;;. The Balaban J connectivity index is 0.000000129. The molecule has 20 rings (SSSR count). The maximum Gasteiger partial charge on any atom is 0.209 e. The number of amides is 1. The lowest BCUT2D eigenvalue weighted by atomic mass is 10.1. The Morgan fingerprint density at radius 3 is 0.938 bits per heavy atom. The van der Waals surface area contributed by atoms with Crippen LogP contribution >= 0.6 is 0 Å². The zero-order valence-corrected chi connectivity index (χ0v) is 88.3. The van der Waals surface area contributed by atoms with Crippen molar-refractivity contribution in [2.24, 2.45) is 0 Å². The minimum Gasteiger partial charge on any atom is -0.494 e. The summed E-state index contributed by atoms with van der Waals surface area (Å²) in [6.45, 7) is 62.8. The van der Waals surface area contributed by atoms with Gasteiger partial charge in [-0.1, -0.05) is 6.07 Å². The van der Waals surface area contributed by atoms with Crippen molar-refractivity contribution in [2.75, 3.05) is 157 Å². The van der Waals surface area contributed by atoms with E-state index in [0.29, 0.717) is 52.7 Å². The Kier molecular flexibility index (Phi) is 32.7. The van der Waals surface area contributed by atoms with Gasteiger partial charge in [0.05, 0.1) is 86.0 Å². The van der Waals surface area contributed by atoms with Gasteiger partial charge >= 0.3 is 0 Å². The van der Waals surface area contributed by atoms with Crippen LogP contribution in [0, 0.1) is 104 Å². The van der Waals surface area contributed by atoms with Crippen LogP contribution in [0.2, 0.25) is 0 Å². The summed E-state index contributed by atoms with van der Waals surface area (Å²) in [5.41, 5.74) is 23.0. The van der Waals surface area contributed by atoms with E-state index in [1.165, 1.54) is 92.4 Å². The molecule has 0 radical (unpaired) electrons. The van der Waals surface area contributed by atoms with Gasteiger partial charge in [0.2, 0.25) is 6.41 Å². The van der Waals surface area contributed by atoms with Crippen molar-refractivity contribution in [3.63, 3.8) is 0 Å². The lowest BCUT2D eigenvalue weighted by Crippen LogP contribution is -2.46. The lowest BCUT2D eigenvalue weighted by Gasteiger charge is -2.36. The number of nitrogens with one attached hydrogen (secondary N) is 2. The summed E-state index contributed by atoms with van der Waals surface area (Å²) in [7, 11) is 2.17. The number of morpholine rings is 1. The SMILES string of the molecule is CCOc1ccc(-n2c(C)c3c(C)nnc(N4CCN(C)CC4)c3c2C)cc1.CCOc1ccc(-n2c(C)c3c(C)nnc(N4CCN(C=O)CC4)c3c2C)cc1.CCOc1ccc(-n2c(C)c3c(C)nnc(N4C[C@@H](C)O[C@@H](C)C4)c3c2C)cc1.CCOc1ccc(-n2c(C)c3c(C)nnc(NCCN4CCCC4)c3c2C)cc1.CCOc1ccc(-n2c(C)c3c(C)nnc(NCc4ccccn4)c3c2C)cc1. The molecule has 11 aromatic heterocycles. The first-order valence-corrected chi connectivity index (χ1v) is 50.9. The van der Waals surface area contributed by atoms with Gasteiger partial charge in [-0.25, -0.2) is 0 Å². The maximum absolute atomic E-state index is 11.1. The molecule has 756 valence electrons. The Morgan fingerprint density at radius 2 is 0.625 bits per heavy atom. The lowest BCUT2D eigenvalue weighted by molar-refractivity contribution is -0.118. The molecule has 2 atom stereocenters. The number of ether oxygens (including phenoxy) is 6. The molecule has 4 aliphatic heterocycles. The number of aryl methyl sites for hydroxylation is 15. The fraction of sp³-hybridized carbons (Fsp3) is 0.416. The fourth-order valence-electron chi connectivity index (χ4n) is 21.5. The van der Waals surface area contributed by atoms with Crippen molar-refractivity contribution in [3.8, 4) is 57.2 Å². The number of piperazine rings is 2. The fourth-order valence-corrected chi connectivity index (χ4v) is 21.5. The summed E-state index contributed by atoms with van der Waals surface area (Å²) in [5, 5.41) is 63.8. The van der Waals surface area contributed by atoms with E-state index in [9.17, 15) is 4.79 Å². The third-order valence-electron chi connectivity index (χ3n) is 28.1. The van der Waals surface area contributed by atoms with Crippen LogP contribution in [0.1, 0.15) is 152 Å². The van der Waals surface area contributed by atoms with E-state index >= 15 is 0 Å². The maximum atomic E-state index is 11.1. The Bertz CT molecular complexity index is 7130. The molecule has 144 heavy (non-hydrogen) atoms. The van der Waals surface area contributed by atoms with E-state index in [1.54, 1.807) is 11.1 Å². The summed E-state index contributed by atoms with van der Waals surface area (Å²) in [5.74, 6) is 8.97. The largest absolute Gasteiger partial charge is 0.494 e. The summed E-state index contributed by atoms with van der Waals surface area (Å²) in [6, 6.07) is 47.1. The van der Waals surface area contributed by atoms with E-state index in [4.69, 9.17) is 28.4 Å². The molecule has 4 fully saturated rings. The van der Waals surface area contributed by atoms with Crippen LogP contribution in [-0.2, 0) is 16.1 Å². The molecule has 31 heteroatoms. The highest BCUT2D eigenvalue weighted by Gasteiger charge is 2.32. The predicted molar refractivity (Wildman–Crippen MR) is 579 cm³/mol. The average Bonchev–Trinajstić information content (AvgIpc) is 1.59. The Hall–Kier alpha value is -14.3. The number of fused-ring (bicyclic) bond motifs is 5. The van der Waals surface area contributed by atoms with Crippen LogP contribution in [-0.4, -0.2) is 244 Å². The summed E-state index contributed by atoms with van der Waals surface area (Å²) < 4.78 is 45.3. The number of carbonyl (C=O) groups is 1. The van der Waals surface area contributed by atoms with Gasteiger partial charge in [-0.15, -0.1) is 25.5 Å². The molecule has 16 aromatic rings. The van der Waals surface area contributed by atoms with Gasteiger partial charge in [0.25, 0.3) is 0 Å². The summed E-state index contributed by atoms with van der Waals surface area (Å²) in [4.78, 5) is 29.0. The van der Waals surface area contributed by atoms with Gasteiger partial charge in [0.1, 0.15) is 28.7 Å². The van der Waals surface area contributed by atoms with Gasteiger partial charge < -0.3 is 91.3 Å². The van der Waals surface area contributed by atoms with Crippen molar-refractivity contribution >= 4 is 89.4 Å². The molecule has 5 aromatic carbocycles. The van der Waals surface area contributed by atoms with Crippen molar-refractivity contribution in [1.29, 1.82) is 0 Å². The van der Waals surface area contributed by atoms with E-state index in [2.05, 4.69) is 272 Å². The monoisotopic (exact) mass is 1950 g/mol. The zero-order valence-electron chi connectivity index (χ0n) is 88.3. The molecule has 0 unspecified atom stereocenters. The van der Waals surface area contributed by atoms with Crippen LogP contribution in [0.5, 0.6) is 28.7 Å². The third-order valence-corrected chi connectivity index (χ3v) is 28.1. The number of rotatable bonds is 26. The van der Waals surface area contributed by atoms with Crippen molar-refractivity contribution < 1.29 is 33.2 Å². The molecular weight excluding hydrogens is 1810 g/mol. The number of aromatic nitrogens is 16. The molecule has 2 N–H and O–H groups in total. The highest BCUT2D eigenvalue weighted by atomic mass is 16.5. The molecule has 0 spiro atoms. The highest BCUT2D eigenvalue weighted by Crippen LogP contribution is 2.43. The number of benzene rings is 5. The number of anilines is 5. The number of hydrogen-bond donors (Lipinski definition) is 2. The van der Waals surface area contributed by atoms with Crippen molar-refractivity contribution in [3.05, 3.63) is 237 Å². The van der Waals surface area contributed by atoms with Crippen LogP contribution in [0.3, 0.4) is 0 Å². The zero-order chi connectivity index (χ0) is 102. The molecular formula is C113H142N24O7. The van der Waals surface area contributed by atoms with Crippen LogP contribution in [0.4, 0.5) is 29.1 Å². The first-order chi connectivity index (χ1) is 69.6. The summed E-state index contributed by atoms with van der Waals surface area (Å²) >= 11 is 0. The second-order valence-corrected chi connectivity index (χ2v) is 37.7. The first kappa shape index (κ1) is 103. The van der Waals surface area contributed by atoms with Gasteiger partial charge in [-0.3, -0.25) is 9.78 Å². The van der Waals surface area contributed by atoms with E-state index in [0.717, 1.165) is 237 Å². The van der Waals surface area contributed by atoms with E-state index in [-0.39, 0.29) is 12.2 Å². The molecule has 1 amide bonds. The second kappa shape index (κ2) is 46.0. The number of pyridine rings is 1. The van der Waals surface area contributed by atoms with Crippen LogP contribution in [0.25, 0.3) is 82.3 Å². The molecule has 0 saturated carbocycles. The topological polar surface area (TPSA) is 282 Å². The number of nitrogens with zero attached hydrogens (tertiary/aromatic N) is 22. The smallest absolute Gasteiger partial charge is 0.209 e. The van der Waals surface area contributed by atoms with E-state index in [1.807, 2.05) is 141 Å².